The van der Waals surface area contributed by atoms with Gasteiger partial charge in [0.25, 0.3) is 0 Å². The molecule has 0 radical (unpaired) electrons. The highest BCUT2D eigenvalue weighted by Crippen LogP contribution is 2.26. The third-order valence-electron chi connectivity index (χ3n) is 3.09. The van der Waals surface area contributed by atoms with Crippen LogP contribution in [0, 0.1) is 6.92 Å². The quantitative estimate of drug-likeness (QED) is 0.714. The van der Waals surface area contributed by atoms with E-state index in [-0.39, 0.29) is 12.0 Å². The number of methoxy groups -OCH3 is 1. The molecule has 16 heavy (non-hydrogen) atoms. The highest BCUT2D eigenvalue weighted by atomic mass is 16.5. The Bertz CT molecular complexity index is 372. The molecule has 3 nitrogen and oxygen atoms in total. The molecular formula is C13H17NO2. The summed E-state index contributed by atoms with van der Waals surface area (Å²) in [5.74, 6) is -0.127. The van der Waals surface area contributed by atoms with Gasteiger partial charge in [-0.05, 0) is 31.9 Å². The van der Waals surface area contributed by atoms with Gasteiger partial charge >= 0.3 is 5.97 Å². The number of anilines is 1. The molecule has 86 valence electrons. The van der Waals surface area contributed by atoms with Crippen molar-refractivity contribution in [1.29, 1.82) is 0 Å². The molecular weight excluding hydrogens is 202 g/mol. The second-order valence-corrected chi connectivity index (χ2v) is 4.21. The predicted molar refractivity (Wildman–Crippen MR) is 63.6 cm³/mol. The fraction of sp³-hybridized carbons (Fsp3) is 0.462. The molecule has 1 aliphatic heterocycles. The Labute approximate surface area is 96.0 Å². The van der Waals surface area contributed by atoms with Crippen LogP contribution in [0.1, 0.15) is 18.4 Å². The van der Waals surface area contributed by atoms with Crippen LogP contribution in [0.25, 0.3) is 0 Å². The minimum absolute atomic E-state index is 0.104. The van der Waals surface area contributed by atoms with Crippen molar-refractivity contribution >= 4 is 11.7 Å². The summed E-state index contributed by atoms with van der Waals surface area (Å²) in [6.45, 7) is 2.99. The Kier molecular flexibility index (Phi) is 3.13. The van der Waals surface area contributed by atoms with Crippen molar-refractivity contribution in [2.45, 2.75) is 25.8 Å². The van der Waals surface area contributed by atoms with Crippen LogP contribution in [0.4, 0.5) is 5.69 Å². The summed E-state index contributed by atoms with van der Waals surface area (Å²) in [5.41, 5.74) is 2.34. The lowest BCUT2D eigenvalue weighted by Gasteiger charge is -2.24. The number of rotatable bonds is 2. The Balaban J connectivity index is 2.19. The van der Waals surface area contributed by atoms with Gasteiger partial charge in [-0.15, -0.1) is 0 Å². The van der Waals surface area contributed by atoms with E-state index in [0.717, 1.165) is 25.1 Å². The topological polar surface area (TPSA) is 29.5 Å². The second-order valence-electron chi connectivity index (χ2n) is 4.21. The van der Waals surface area contributed by atoms with Crippen LogP contribution >= 0.6 is 0 Å². The number of nitrogens with zero attached hydrogens (tertiary/aromatic N) is 1. The summed E-state index contributed by atoms with van der Waals surface area (Å²) in [5, 5.41) is 0. The van der Waals surface area contributed by atoms with Crippen LogP contribution in [-0.4, -0.2) is 25.7 Å². The van der Waals surface area contributed by atoms with Gasteiger partial charge in [-0.25, -0.2) is 4.79 Å². The fourth-order valence-electron chi connectivity index (χ4n) is 2.19. The van der Waals surface area contributed by atoms with Gasteiger partial charge in [0.05, 0.1) is 7.11 Å². The summed E-state index contributed by atoms with van der Waals surface area (Å²) in [6, 6.07) is 8.17. The zero-order chi connectivity index (χ0) is 11.5. The highest BCUT2D eigenvalue weighted by Gasteiger charge is 2.31. The van der Waals surface area contributed by atoms with Gasteiger partial charge in [0.2, 0.25) is 0 Å². The Morgan fingerprint density at radius 1 is 1.38 bits per heavy atom. The maximum absolute atomic E-state index is 11.6. The fourth-order valence-corrected chi connectivity index (χ4v) is 2.19. The van der Waals surface area contributed by atoms with E-state index in [1.54, 1.807) is 0 Å². The van der Waals surface area contributed by atoms with Crippen molar-refractivity contribution < 1.29 is 9.53 Å². The summed E-state index contributed by atoms with van der Waals surface area (Å²) < 4.78 is 4.83. The zero-order valence-electron chi connectivity index (χ0n) is 9.77. The molecule has 1 aliphatic rings. The smallest absolute Gasteiger partial charge is 0.328 e. The molecule has 0 saturated carbocycles. The van der Waals surface area contributed by atoms with E-state index in [0.29, 0.717) is 0 Å². The van der Waals surface area contributed by atoms with E-state index in [1.165, 1.54) is 12.7 Å². The molecule has 1 aromatic rings. The number of hydrogen-bond acceptors (Lipinski definition) is 3. The van der Waals surface area contributed by atoms with Crippen molar-refractivity contribution in [3.05, 3.63) is 29.8 Å². The van der Waals surface area contributed by atoms with E-state index >= 15 is 0 Å². The average molecular weight is 219 g/mol. The van der Waals surface area contributed by atoms with Crippen LogP contribution < -0.4 is 4.90 Å². The lowest BCUT2D eigenvalue weighted by atomic mass is 10.2. The largest absolute Gasteiger partial charge is 0.467 e. The molecule has 0 spiro atoms. The van der Waals surface area contributed by atoms with E-state index < -0.39 is 0 Å². The molecule has 3 heteroatoms. The number of carbonyl (C=O) groups excluding carboxylic acids is 1. The number of benzene rings is 1. The van der Waals surface area contributed by atoms with Crippen LogP contribution in [0.5, 0.6) is 0 Å². The average Bonchev–Trinajstić information content (AvgIpc) is 2.78. The molecule has 0 unspecified atom stereocenters. The molecule has 0 aliphatic carbocycles. The van der Waals surface area contributed by atoms with E-state index in [4.69, 9.17) is 4.74 Å². The van der Waals surface area contributed by atoms with Crippen molar-refractivity contribution in [3.8, 4) is 0 Å². The molecule has 1 saturated heterocycles. The van der Waals surface area contributed by atoms with Gasteiger partial charge in [0.15, 0.2) is 0 Å². The Hall–Kier alpha value is -1.51. The first-order chi connectivity index (χ1) is 7.72. The lowest BCUT2D eigenvalue weighted by Crippen LogP contribution is -2.36. The summed E-state index contributed by atoms with van der Waals surface area (Å²) in [7, 11) is 1.45. The number of hydrogen-bond donors (Lipinski definition) is 0. The molecule has 0 bridgehead atoms. The summed E-state index contributed by atoms with van der Waals surface area (Å²) in [4.78, 5) is 13.7. The standard InChI is InChI=1S/C13H17NO2/c1-10-5-7-11(8-6-10)14-9-3-4-12(14)13(15)16-2/h5-8,12H,3-4,9H2,1-2H3/t12-/m0/s1. The molecule has 0 N–H and O–H groups in total. The number of ether oxygens (including phenoxy) is 1. The summed E-state index contributed by atoms with van der Waals surface area (Å²) >= 11 is 0. The van der Waals surface area contributed by atoms with Gasteiger partial charge in [0.1, 0.15) is 6.04 Å². The van der Waals surface area contributed by atoms with Crippen LogP contribution in [0.3, 0.4) is 0 Å². The molecule has 2 rings (SSSR count). The molecule has 1 aromatic carbocycles. The summed E-state index contributed by atoms with van der Waals surface area (Å²) in [6.07, 6.45) is 1.94. The van der Waals surface area contributed by atoms with E-state index in [9.17, 15) is 4.79 Å². The van der Waals surface area contributed by atoms with Gasteiger partial charge < -0.3 is 9.64 Å². The molecule has 0 amide bonds. The van der Waals surface area contributed by atoms with Crippen molar-refractivity contribution in [1.82, 2.24) is 0 Å². The monoisotopic (exact) mass is 219 g/mol. The maximum atomic E-state index is 11.6. The molecule has 1 heterocycles. The second kappa shape index (κ2) is 4.56. The van der Waals surface area contributed by atoms with Gasteiger partial charge in [0, 0.05) is 12.2 Å². The van der Waals surface area contributed by atoms with Gasteiger partial charge in [-0.1, -0.05) is 17.7 Å². The number of carbonyl (C=O) groups is 1. The third kappa shape index (κ3) is 2.03. The van der Waals surface area contributed by atoms with Gasteiger partial charge in [-0.2, -0.15) is 0 Å². The third-order valence-corrected chi connectivity index (χ3v) is 3.09. The first kappa shape index (κ1) is 11.0. The van der Waals surface area contributed by atoms with Crippen LogP contribution in [0.15, 0.2) is 24.3 Å². The Morgan fingerprint density at radius 3 is 2.69 bits per heavy atom. The minimum atomic E-state index is -0.127. The lowest BCUT2D eigenvalue weighted by molar-refractivity contribution is -0.141. The predicted octanol–water partition coefficient (Wildman–Crippen LogP) is 2.14. The SMILES string of the molecule is COC(=O)[C@@H]1CCCN1c1ccc(C)cc1. The van der Waals surface area contributed by atoms with Gasteiger partial charge in [-0.3, -0.25) is 0 Å². The Morgan fingerprint density at radius 2 is 2.06 bits per heavy atom. The molecule has 1 atom stereocenters. The zero-order valence-corrected chi connectivity index (χ0v) is 9.77. The van der Waals surface area contributed by atoms with Crippen molar-refractivity contribution in [2.24, 2.45) is 0 Å². The first-order valence-electron chi connectivity index (χ1n) is 5.63. The van der Waals surface area contributed by atoms with Crippen molar-refractivity contribution in [2.75, 3.05) is 18.6 Å². The maximum Gasteiger partial charge on any atom is 0.328 e. The number of aryl methyl sites for hydroxylation is 1. The van der Waals surface area contributed by atoms with Crippen LogP contribution in [-0.2, 0) is 9.53 Å². The minimum Gasteiger partial charge on any atom is -0.467 e. The molecule has 0 aromatic heterocycles. The van der Waals surface area contributed by atoms with E-state index in [1.807, 2.05) is 0 Å². The van der Waals surface area contributed by atoms with E-state index in [2.05, 4.69) is 36.1 Å². The highest BCUT2D eigenvalue weighted by molar-refractivity contribution is 5.80. The number of esters is 1. The first-order valence-corrected chi connectivity index (χ1v) is 5.63. The molecule has 1 fully saturated rings. The van der Waals surface area contributed by atoms with Crippen molar-refractivity contribution in [3.63, 3.8) is 0 Å². The van der Waals surface area contributed by atoms with Crippen LogP contribution in [0.2, 0.25) is 0 Å². The normalized spacial score (nSPS) is 19.9.